The summed E-state index contributed by atoms with van der Waals surface area (Å²) in [6.07, 6.45) is 10.8. The average molecular weight is 485 g/mol. The number of rotatable bonds is 5. The monoisotopic (exact) mass is 484 g/mol. The molecule has 0 bridgehead atoms. The van der Waals surface area contributed by atoms with Crippen molar-refractivity contribution in [3.63, 3.8) is 0 Å². The third-order valence-corrected chi connectivity index (χ3v) is 7.19. The van der Waals surface area contributed by atoms with Crippen LogP contribution in [0, 0.1) is 12.8 Å². The van der Waals surface area contributed by atoms with E-state index in [2.05, 4.69) is 30.2 Å². The molecule has 1 amide bonds. The topological polar surface area (TPSA) is 93.2 Å². The quantitative estimate of drug-likeness (QED) is 0.402. The Morgan fingerprint density at radius 2 is 1.94 bits per heavy atom. The number of piperidine rings is 1. The molecule has 1 aliphatic rings. The predicted molar refractivity (Wildman–Crippen MR) is 136 cm³/mol. The molecule has 6 rings (SSSR count). The highest BCUT2D eigenvalue weighted by molar-refractivity contribution is 7.15. The molecular formula is C25H24N8OS. The van der Waals surface area contributed by atoms with Gasteiger partial charge in [0, 0.05) is 66.5 Å². The van der Waals surface area contributed by atoms with E-state index in [4.69, 9.17) is 0 Å². The number of aryl methyl sites for hydroxylation is 1. The molecule has 10 heteroatoms. The van der Waals surface area contributed by atoms with Crippen molar-refractivity contribution < 1.29 is 4.79 Å². The van der Waals surface area contributed by atoms with E-state index in [1.807, 2.05) is 70.2 Å². The van der Waals surface area contributed by atoms with Crippen LogP contribution in [0.5, 0.6) is 0 Å². The van der Waals surface area contributed by atoms with Gasteiger partial charge in [0.2, 0.25) is 5.91 Å². The Morgan fingerprint density at radius 3 is 2.74 bits per heavy atom. The second-order valence-electron chi connectivity index (χ2n) is 8.63. The second-order valence-corrected chi connectivity index (χ2v) is 9.50. The predicted octanol–water partition coefficient (Wildman–Crippen LogP) is 4.20. The maximum atomic E-state index is 13.0. The molecule has 35 heavy (non-hydrogen) atoms. The number of carbonyl (C=O) groups is 1. The van der Waals surface area contributed by atoms with Gasteiger partial charge < -0.3 is 10.2 Å². The van der Waals surface area contributed by atoms with Gasteiger partial charge in [0.15, 0.2) is 4.96 Å². The van der Waals surface area contributed by atoms with Crippen molar-refractivity contribution in [2.45, 2.75) is 19.8 Å². The van der Waals surface area contributed by atoms with E-state index in [-0.39, 0.29) is 11.8 Å². The van der Waals surface area contributed by atoms with E-state index in [0.29, 0.717) is 0 Å². The molecule has 0 aliphatic carbocycles. The van der Waals surface area contributed by atoms with E-state index in [9.17, 15) is 4.79 Å². The molecule has 0 radical (unpaired) electrons. The van der Waals surface area contributed by atoms with Crippen LogP contribution < -0.4 is 10.2 Å². The smallest absolute Gasteiger partial charge is 0.227 e. The van der Waals surface area contributed by atoms with Crippen molar-refractivity contribution in [2.75, 3.05) is 23.3 Å². The average Bonchev–Trinajstić information content (AvgIpc) is 3.61. The number of nitrogens with one attached hydrogen (secondary N) is 1. The lowest BCUT2D eigenvalue weighted by Gasteiger charge is -2.32. The first-order valence-electron chi connectivity index (χ1n) is 11.5. The Bertz CT molecular complexity index is 1470. The third-order valence-electron chi connectivity index (χ3n) is 6.42. The van der Waals surface area contributed by atoms with E-state index in [1.54, 1.807) is 23.9 Å². The van der Waals surface area contributed by atoms with Crippen molar-refractivity contribution in [3.05, 3.63) is 72.7 Å². The second kappa shape index (κ2) is 8.95. The Labute approximate surface area is 206 Å². The SMILES string of the molecule is Cc1nccn1-c1cc(N2CCC(C(=O)Nc3cccc(-c4cn5ccsc5n4)c3)CC2)ncn1. The van der Waals surface area contributed by atoms with E-state index in [1.165, 1.54) is 0 Å². The van der Waals surface area contributed by atoms with Gasteiger partial charge in [-0.2, -0.15) is 0 Å². The first-order chi connectivity index (χ1) is 17.1. The fourth-order valence-electron chi connectivity index (χ4n) is 4.50. The Balaban J connectivity index is 1.10. The molecule has 0 unspecified atom stereocenters. The molecular weight excluding hydrogens is 460 g/mol. The Hall–Kier alpha value is -4.05. The lowest BCUT2D eigenvalue weighted by molar-refractivity contribution is -0.120. The summed E-state index contributed by atoms with van der Waals surface area (Å²) in [5, 5.41) is 5.12. The maximum Gasteiger partial charge on any atom is 0.227 e. The van der Waals surface area contributed by atoms with Crippen molar-refractivity contribution in [1.29, 1.82) is 0 Å². The van der Waals surface area contributed by atoms with Gasteiger partial charge in [-0.25, -0.2) is 19.9 Å². The Morgan fingerprint density at radius 1 is 1.09 bits per heavy atom. The number of fused-ring (bicyclic) bond motifs is 1. The highest BCUT2D eigenvalue weighted by atomic mass is 32.1. The van der Waals surface area contributed by atoms with Crippen LogP contribution in [0.15, 0.2) is 66.8 Å². The van der Waals surface area contributed by atoms with Crippen LogP contribution in [-0.4, -0.2) is 47.9 Å². The van der Waals surface area contributed by atoms with Gasteiger partial charge in [-0.3, -0.25) is 13.8 Å². The van der Waals surface area contributed by atoms with E-state index < -0.39 is 0 Å². The fourth-order valence-corrected chi connectivity index (χ4v) is 5.20. The summed E-state index contributed by atoms with van der Waals surface area (Å²) in [7, 11) is 0. The zero-order valence-electron chi connectivity index (χ0n) is 19.2. The number of hydrogen-bond donors (Lipinski definition) is 1. The maximum absolute atomic E-state index is 13.0. The fraction of sp³-hybridized carbons (Fsp3) is 0.240. The lowest BCUT2D eigenvalue weighted by atomic mass is 9.95. The standard InChI is InChI=1S/C25H24N8OS/c1-17-26-7-10-33(17)23-14-22(27-16-28-23)31-8-5-18(6-9-31)24(34)29-20-4-2-3-19(13-20)21-15-32-11-12-35-25(32)30-21/h2-4,7,10-16,18H,5-6,8-9H2,1H3,(H,29,34). The molecule has 9 nitrogen and oxygen atoms in total. The minimum Gasteiger partial charge on any atom is -0.356 e. The zero-order chi connectivity index (χ0) is 23.8. The molecule has 176 valence electrons. The van der Waals surface area contributed by atoms with Gasteiger partial charge in [-0.05, 0) is 31.9 Å². The zero-order valence-corrected chi connectivity index (χ0v) is 20.0. The van der Waals surface area contributed by atoms with Gasteiger partial charge in [0.1, 0.15) is 23.8 Å². The van der Waals surface area contributed by atoms with Crippen LogP contribution in [0.4, 0.5) is 11.5 Å². The van der Waals surface area contributed by atoms with Crippen molar-refractivity contribution in [2.24, 2.45) is 5.92 Å². The highest BCUT2D eigenvalue weighted by Gasteiger charge is 2.26. The number of hydrogen-bond acceptors (Lipinski definition) is 7. The molecule has 1 aromatic carbocycles. The van der Waals surface area contributed by atoms with Gasteiger partial charge >= 0.3 is 0 Å². The van der Waals surface area contributed by atoms with Crippen LogP contribution in [0.1, 0.15) is 18.7 Å². The van der Waals surface area contributed by atoms with Crippen LogP contribution in [0.3, 0.4) is 0 Å². The number of imidazole rings is 2. The molecule has 1 aliphatic heterocycles. The summed E-state index contributed by atoms with van der Waals surface area (Å²) in [5.41, 5.74) is 2.68. The van der Waals surface area contributed by atoms with Gasteiger partial charge in [0.05, 0.1) is 5.69 Å². The number of anilines is 2. The van der Waals surface area contributed by atoms with Crippen molar-refractivity contribution in [3.8, 4) is 17.1 Å². The summed E-state index contributed by atoms with van der Waals surface area (Å²) in [4.78, 5) is 34.0. The van der Waals surface area contributed by atoms with Gasteiger partial charge in [-0.15, -0.1) is 11.3 Å². The van der Waals surface area contributed by atoms with Crippen LogP contribution in [-0.2, 0) is 4.79 Å². The number of amides is 1. The Kier molecular flexibility index (Phi) is 5.49. The minimum absolute atomic E-state index is 0.0370. The molecule has 0 spiro atoms. The number of thiazole rings is 1. The third kappa shape index (κ3) is 4.28. The van der Waals surface area contributed by atoms with E-state index in [0.717, 1.165) is 65.3 Å². The first-order valence-corrected chi connectivity index (χ1v) is 12.4. The van der Waals surface area contributed by atoms with Crippen LogP contribution >= 0.6 is 11.3 Å². The molecule has 1 fully saturated rings. The molecule has 5 aromatic rings. The summed E-state index contributed by atoms with van der Waals surface area (Å²) in [6, 6.07) is 9.85. The number of benzene rings is 1. The molecule has 5 heterocycles. The first kappa shape index (κ1) is 21.5. The molecule has 0 atom stereocenters. The summed E-state index contributed by atoms with van der Waals surface area (Å²) in [5.74, 6) is 2.56. The summed E-state index contributed by atoms with van der Waals surface area (Å²) in [6.45, 7) is 3.48. The largest absolute Gasteiger partial charge is 0.356 e. The van der Waals surface area contributed by atoms with Crippen molar-refractivity contribution in [1.82, 2.24) is 28.9 Å². The number of aromatic nitrogens is 6. The molecule has 0 saturated carbocycles. The summed E-state index contributed by atoms with van der Waals surface area (Å²) < 4.78 is 3.95. The van der Waals surface area contributed by atoms with Crippen molar-refractivity contribution >= 4 is 33.7 Å². The van der Waals surface area contributed by atoms with Crippen LogP contribution in [0.2, 0.25) is 0 Å². The van der Waals surface area contributed by atoms with E-state index >= 15 is 0 Å². The minimum atomic E-state index is -0.0370. The number of nitrogens with zero attached hydrogens (tertiary/aromatic N) is 7. The highest BCUT2D eigenvalue weighted by Crippen LogP contribution is 2.27. The summed E-state index contributed by atoms with van der Waals surface area (Å²) >= 11 is 1.60. The lowest BCUT2D eigenvalue weighted by Crippen LogP contribution is -2.38. The molecule has 4 aromatic heterocycles. The number of carbonyl (C=O) groups excluding carboxylic acids is 1. The van der Waals surface area contributed by atoms with Crippen LogP contribution in [0.25, 0.3) is 22.0 Å². The molecule has 1 N–H and O–H groups in total. The van der Waals surface area contributed by atoms with Gasteiger partial charge in [-0.1, -0.05) is 12.1 Å². The molecule has 1 saturated heterocycles. The van der Waals surface area contributed by atoms with Gasteiger partial charge in [0.25, 0.3) is 0 Å². The normalized spacial score (nSPS) is 14.5.